The van der Waals surface area contributed by atoms with E-state index in [4.69, 9.17) is 0 Å². The lowest BCUT2D eigenvalue weighted by atomic mass is 9.88. The zero-order valence-corrected chi connectivity index (χ0v) is 11.6. The van der Waals surface area contributed by atoms with Gasteiger partial charge in [0.2, 0.25) is 0 Å². The number of hydrogen-bond donors (Lipinski definition) is 2. The monoisotopic (exact) mass is 301 g/mol. The molecule has 0 aliphatic carbocycles. The fourth-order valence-electron chi connectivity index (χ4n) is 3.46. The molecule has 1 fully saturated rings. The molecule has 2 bridgehead atoms. The third-order valence-corrected chi connectivity index (χ3v) is 4.36. The normalized spacial score (nSPS) is 30.5. The summed E-state index contributed by atoms with van der Waals surface area (Å²) in [6.07, 6.45) is 2.83. The number of carbonyl (C=O) groups is 3. The molecular formula is C16H15NO5. The van der Waals surface area contributed by atoms with Gasteiger partial charge in [-0.05, 0) is 11.6 Å². The molecule has 4 atom stereocenters. The highest BCUT2D eigenvalue weighted by Crippen LogP contribution is 2.41. The third-order valence-electron chi connectivity index (χ3n) is 4.36. The Morgan fingerprint density at radius 1 is 1.05 bits per heavy atom. The van der Waals surface area contributed by atoms with E-state index in [1.807, 2.05) is 30.3 Å². The molecule has 0 aromatic heterocycles. The number of carboxylic acid groups (broad SMARTS) is 2. The third kappa shape index (κ3) is 2.21. The topological polar surface area (TPSA) is 94.9 Å². The van der Waals surface area contributed by atoms with Crippen LogP contribution < -0.4 is 0 Å². The van der Waals surface area contributed by atoms with E-state index >= 15 is 0 Å². The van der Waals surface area contributed by atoms with E-state index in [0.717, 1.165) is 5.56 Å². The molecule has 0 amide bonds. The highest BCUT2D eigenvalue weighted by molar-refractivity contribution is 6.01. The summed E-state index contributed by atoms with van der Waals surface area (Å²) in [6, 6.07) is 7.79. The second-order valence-electron chi connectivity index (χ2n) is 5.58. The van der Waals surface area contributed by atoms with Crippen LogP contribution in [-0.2, 0) is 20.9 Å². The molecule has 1 aromatic carbocycles. The maximum absolute atomic E-state index is 12.2. The van der Waals surface area contributed by atoms with E-state index in [0.29, 0.717) is 6.54 Å². The van der Waals surface area contributed by atoms with Crippen LogP contribution in [0.5, 0.6) is 0 Å². The minimum Gasteiger partial charge on any atom is -0.481 e. The van der Waals surface area contributed by atoms with Gasteiger partial charge in [0.15, 0.2) is 5.78 Å². The Balaban J connectivity index is 2.00. The minimum absolute atomic E-state index is 0.344. The molecule has 0 saturated carbocycles. The predicted molar refractivity (Wildman–Crippen MR) is 76.0 cm³/mol. The fourth-order valence-corrected chi connectivity index (χ4v) is 3.46. The number of nitrogens with zero attached hydrogens (tertiary/aromatic N) is 1. The SMILES string of the molecule is O=C(O)[C@@H]1[C@H](C(=O)O)[C@H]2C=CC(=O)[C@H]1N2Cc1ccccc1. The molecule has 6 nitrogen and oxygen atoms in total. The number of hydrogen-bond acceptors (Lipinski definition) is 4. The number of fused-ring (bicyclic) bond motifs is 2. The van der Waals surface area contributed by atoms with Crippen LogP contribution in [0.15, 0.2) is 42.5 Å². The van der Waals surface area contributed by atoms with Crippen molar-refractivity contribution in [3.05, 3.63) is 48.0 Å². The van der Waals surface area contributed by atoms with Gasteiger partial charge in [0.05, 0.1) is 17.9 Å². The van der Waals surface area contributed by atoms with Crippen LogP contribution >= 0.6 is 0 Å². The lowest BCUT2D eigenvalue weighted by molar-refractivity contribution is -0.153. The Bertz CT molecular complexity index is 654. The Hall–Kier alpha value is -2.47. The number of benzene rings is 1. The van der Waals surface area contributed by atoms with Crippen LogP contribution in [0.4, 0.5) is 0 Å². The van der Waals surface area contributed by atoms with Gasteiger partial charge in [0.1, 0.15) is 0 Å². The number of rotatable bonds is 4. The molecule has 2 aliphatic rings. The van der Waals surface area contributed by atoms with Crippen LogP contribution in [-0.4, -0.2) is 44.9 Å². The smallest absolute Gasteiger partial charge is 0.309 e. The summed E-state index contributed by atoms with van der Waals surface area (Å²) in [5.41, 5.74) is 0.913. The first-order valence-electron chi connectivity index (χ1n) is 6.98. The number of ketones is 1. The standard InChI is InChI=1S/C16H15NO5/c18-11-7-6-10-12(15(19)20)13(16(21)22)14(11)17(10)8-9-4-2-1-3-5-9/h1-7,10,12-14H,8H2,(H,19,20)(H,21,22)/t10-,12-,13-,14-/m1/s1. The van der Waals surface area contributed by atoms with Gasteiger partial charge in [-0.25, -0.2) is 0 Å². The van der Waals surface area contributed by atoms with Crippen molar-refractivity contribution in [1.29, 1.82) is 0 Å². The molecule has 2 N–H and O–H groups in total. The highest BCUT2D eigenvalue weighted by atomic mass is 16.4. The van der Waals surface area contributed by atoms with Crippen LogP contribution in [0, 0.1) is 11.8 Å². The maximum atomic E-state index is 12.2. The summed E-state index contributed by atoms with van der Waals surface area (Å²) in [5.74, 6) is -5.11. The van der Waals surface area contributed by atoms with Gasteiger partial charge in [-0.2, -0.15) is 0 Å². The van der Waals surface area contributed by atoms with E-state index in [9.17, 15) is 24.6 Å². The summed E-state index contributed by atoms with van der Waals surface area (Å²) >= 11 is 0. The van der Waals surface area contributed by atoms with Gasteiger partial charge in [-0.1, -0.05) is 36.4 Å². The van der Waals surface area contributed by atoms with Gasteiger partial charge in [0, 0.05) is 12.6 Å². The molecular weight excluding hydrogens is 286 g/mol. The van der Waals surface area contributed by atoms with Crippen LogP contribution in [0.3, 0.4) is 0 Å². The first-order chi connectivity index (χ1) is 10.5. The minimum atomic E-state index is -1.24. The molecule has 114 valence electrons. The Morgan fingerprint density at radius 3 is 2.27 bits per heavy atom. The van der Waals surface area contributed by atoms with Crippen LogP contribution in [0.1, 0.15) is 5.56 Å². The molecule has 2 aliphatic heterocycles. The molecule has 0 unspecified atom stereocenters. The fraction of sp³-hybridized carbons (Fsp3) is 0.312. The number of carboxylic acids is 2. The largest absolute Gasteiger partial charge is 0.481 e. The first kappa shape index (κ1) is 14.5. The molecule has 1 saturated heterocycles. The van der Waals surface area contributed by atoms with E-state index in [1.54, 1.807) is 4.90 Å². The average Bonchev–Trinajstić information content (AvgIpc) is 2.71. The summed E-state index contributed by atoms with van der Waals surface area (Å²) in [7, 11) is 0. The van der Waals surface area contributed by atoms with Crippen molar-refractivity contribution in [1.82, 2.24) is 4.90 Å². The summed E-state index contributed by atoms with van der Waals surface area (Å²) in [5, 5.41) is 18.8. The molecule has 22 heavy (non-hydrogen) atoms. The van der Waals surface area contributed by atoms with Gasteiger partial charge in [-0.3, -0.25) is 19.3 Å². The van der Waals surface area contributed by atoms with Crippen LogP contribution in [0.2, 0.25) is 0 Å². The van der Waals surface area contributed by atoms with Gasteiger partial charge in [-0.15, -0.1) is 0 Å². The molecule has 0 spiro atoms. The lowest BCUT2D eigenvalue weighted by Crippen LogP contribution is -2.45. The zero-order valence-electron chi connectivity index (χ0n) is 11.6. The Kier molecular flexibility index (Phi) is 3.54. The quantitative estimate of drug-likeness (QED) is 0.853. The molecule has 0 radical (unpaired) electrons. The van der Waals surface area contributed by atoms with Gasteiger partial charge < -0.3 is 10.2 Å². The van der Waals surface area contributed by atoms with Crippen molar-refractivity contribution < 1.29 is 24.6 Å². The molecule has 2 heterocycles. The second kappa shape index (κ2) is 5.38. The van der Waals surface area contributed by atoms with Crippen molar-refractivity contribution in [2.75, 3.05) is 0 Å². The first-order valence-corrected chi connectivity index (χ1v) is 6.98. The highest BCUT2D eigenvalue weighted by Gasteiger charge is 2.58. The van der Waals surface area contributed by atoms with Crippen molar-refractivity contribution in [2.45, 2.75) is 18.6 Å². The number of carbonyl (C=O) groups excluding carboxylic acids is 1. The van der Waals surface area contributed by atoms with E-state index in [2.05, 4.69) is 0 Å². The second-order valence-corrected chi connectivity index (χ2v) is 5.58. The summed E-state index contributed by atoms with van der Waals surface area (Å²) in [4.78, 5) is 36.9. The van der Waals surface area contributed by atoms with Gasteiger partial charge >= 0.3 is 11.9 Å². The predicted octanol–water partition coefficient (Wildman–Crippen LogP) is 0.780. The van der Waals surface area contributed by atoms with E-state index in [-0.39, 0.29) is 5.78 Å². The lowest BCUT2D eigenvalue weighted by Gasteiger charge is -2.31. The van der Waals surface area contributed by atoms with Crippen molar-refractivity contribution in [3.63, 3.8) is 0 Å². The molecule has 1 aromatic rings. The van der Waals surface area contributed by atoms with E-state index in [1.165, 1.54) is 12.2 Å². The molecule has 6 heteroatoms. The van der Waals surface area contributed by atoms with E-state index < -0.39 is 35.9 Å². The van der Waals surface area contributed by atoms with Crippen molar-refractivity contribution >= 4 is 17.7 Å². The Labute approximate surface area is 126 Å². The number of aliphatic carboxylic acids is 2. The summed E-state index contributed by atoms with van der Waals surface area (Å²) in [6.45, 7) is 0.347. The summed E-state index contributed by atoms with van der Waals surface area (Å²) < 4.78 is 0. The Morgan fingerprint density at radius 2 is 1.68 bits per heavy atom. The van der Waals surface area contributed by atoms with Crippen molar-refractivity contribution in [3.8, 4) is 0 Å². The average molecular weight is 301 g/mol. The molecule has 3 rings (SSSR count). The van der Waals surface area contributed by atoms with Crippen LogP contribution in [0.25, 0.3) is 0 Å². The van der Waals surface area contributed by atoms with Gasteiger partial charge in [0.25, 0.3) is 0 Å². The van der Waals surface area contributed by atoms with Crippen molar-refractivity contribution in [2.24, 2.45) is 11.8 Å². The zero-order chi connectivity index (χ0) is 15.9. The maximum Gasteiger partial charge on any atom is 0.309 e.